The fourth-order valence-electron chi connectivity index (χ4n) is 4.00. The molecule has 0 saturated heterocycles. The van der Waals surface area contributed by atoms with Crippen LogP contribution in [0.4, 0.5) is 0 Å². The van der Waals surface area contributed by atoms with E-state index in [0.717, 1.165) is 24.2 Å². The highest BCUT2D eigenvalue weighted by atomic mass is 32.1. The van der Waals surface area contributed by atoms with Gasteiger partial charge in [-0.1, -0.05) is 12.2 Å². The van der Waals surface area contributed by atoms with E-state index in [-0.39, 0.29) is 35.2 Å². The first kappa shape index (κ1) is 13.0. The van der Waals surface area contributed by atoms with E-state index in [1.165, 1.54) is 13.2 Å². The number of Topliss-reactive ketones (excluding diaryl/α,β-unsaturated/α-hetero) is 2. The third-order valence-corrected chi connectivity index (χ3v) is 6.09. The van der Waals surface area contributed by atoms with Crippen LogP contribution in [-0.2, 0) is 4.74 Å². The van der Waals surface area contributed by atoms with Crippen molar-refractivity contribution >= 4 is 28.9 Å². The van der Waals surface area contributed by atoms with Gasteiger partial charge in [-0.15, -0.1) is 11.3 Å². The van der Waals surface area contributed by atoms with Gasteiger partial charge in [-0.05, 0) is 30.7 Å². The van der Waals surface area contributed by atoms with E-state index in [4.69, 9.17) is 4.74 Å². The maximum Gasteiger partial charge on any atom is 0.348 e. The number of carbonyl (C=O) groups is 3. The number of ketones is 2. The molecule has 1 aromatic rings. The summed E-state index contributed by atoms with van der Waals surface area (Å²) in [4.78, 5) is 38.0. The van der Waals surface area contributed by atoms with Gasteiger partial charge in [0.2, 0.25) is 0 Å². The van der Waals surface area contributed by atoms with Crippen molar-refractivity contribution in [2.45, 2.75) is 12.8 Å². The predicted octanol–water partition coefficient (Wildman–Crippen LogP) is 2.74. The van der Waals surface area contributed by atoms with Crippen molar-refractivity contribution in [2.75, 3.05) is 7.11 Å². The predicted molar refractivity (Wildman–Crippen MR) is 76.7 cm³/mol. The molecule has 0 aromatic carbocycles. The Balaban J connectivity index is 1.84. The summed E-state index contributed by atoms with van der Waals surface area (Å²) in [5, 5.41) is 0. The third-order valence-electron chi connectivity index (χ3n) is 4.96. The number of carbonyl (C=O) groups excluding carboxylic acids is 3. The van der Waals surface area contributed by atoms with Gasteiger partial charge >= 0.3 is 5.97 Å². The van der Waals surface area contributed by atoms with Gasteiger partial charge in [0, 0.05) is 17.4 Å². The summed E-state index contributed by atoms with van der Waals surface area (Å²) >= 11 is 1.09. The topological polar surface area (TPSA) is 60.4 Å². The van der Waals surface area contributed by atoms with E-state index < -0.39 is 5.97 Å². The van der Waals surface area contributed by atoms with Gasteiger partial charge in [-0.3, -0.25) is 9.59 Å². The Bertz CT molecular complexity index is 650. The molecule has 2 unspecified atom stereocenters. The molecule has 1 fully saturated rings. The molecule has 21 heavy (non-hydrogen) atoms. The number of rotatable bonds is 1. The zero-order chi connectivity index (χ0) is 14.7. The summed E-state index contributed by atoms with van der Waals surface area (Å²) in [7, 11) is 1.30. The van der Waals surface area contributed by atoms with Gasteiger partial charge in [-0.25, -0.2) is 4.79 Å². The molecule has 2 bridgehead atoms. The summed E-state index contributed by atoms with van der Waals surface area (Å²) in [5.74, 6) is -0.529. The summed E-state index contributed by atoms with van der Waals surface area (Å²) in [5.41, 5.74) is 0.424. The fourth-order valence-corrected chi connectivity index (χ4v) is 5.07. The van der Waals surface area contributed by atoms with Gasteiger partial charge in [0.1, 0.15) is 4.88 Å². The van der Waals surface area contributed by atoms with E-state index in [0.29, 0.717) is 15.3 Å². The van der Waals surface area contributed by atoms with Crippen molar-refractivity contribution in [3.63, 3.8) is 0 Å². The van der Waals surface area contributed by atoms with Gasteiger partial charge in [0.15, 0.2) is 11.6 Å². The molecule has 108 valence electrons. The first-order valence-corrected chi connectivity index (χ1v) is 7.92. The molecule has 4 atom stereocenters. The first-order chi connectivity index (χ1) is 10.1. The maximum atomic E-state index is 12.8. The number of allylic oxidation sites excluding steroid dienone is 2. The molecule has 0 aliphatic heterocycles. The van der Waals surface area contributed by atoms with Gasteiger partial charge in [-0.2, -0.15) is 0 Å². The molecular weight excluding hydrogens is 288 g/mol. The minimum absolute atomic E-state index is 0.0278. The number of thiophene rings is 1. The Labute approximate surface area is 125 Å². The first-order valence-electron chi connectivity index (χ1n) is 7.10. The van der Waals surface area contributed by atoms with Crippen LogP contribution in [0.25, 0.3) is 0 Å². The van der Waals surface area contributed by atoms with Crippen molar-refractivity contribution in [1.29, 1.82) is 0 Å². The van der Waals surface area contributed by atoms with Crippen LogP contribution in [0.2, 0.25) is 0 Å². The van der Waals surface area contributed by atoms with E-state index in [1.807, 2.05) is 0 Å². The number of esters is 1. The van der Waals surface area contributed by atoms with Crippen molar-refractivity contribution in [2.24, 2.45) is 23.7 Å². The van der Waals surface area contributed by atoms with Crippen LogP contribution in [-0.4, -0.2) is 24.6 Å². The van der Waals surface area contributed by atoms with Gasteiger partial charge < -0.3 is 4.74 Å². The highest BCUT2D eigenvalue weighted by Crippen LogP contribution is 2.51. The number of ether oxygens (including phenoxy) is 1. The number of fused-ring (bicyclic) bond motifs is 2. The molecular formula is C16H14O4S. The summed E-state index contributed by atoms with van der Waals surface area (Å²) in [6.07, 6.45) is 6.15. The lowest BCUT2D eigenvalue weighted by atomic mass is 9.57. The molecule has 4 aliphatic rings. The van der Waals surface area contributed by atoms with E-state index in [2.05, 4.69) is 12.2 Å². The Kier molecular flexibility index (Phi) is 2.70. The second-order valence-corrected chi connectivity index (χ2v) is 6.97. The van der Waals surface area contributed by atoms with Crippen LogP contribution in [0.3, 0.4) is 0 Å². The lowest BCUT2D eigenvalue weighted by Crippen LogP contribution is -2.48. The number of hydrogen-bond acceptors (Lipinski definition) is 5. The molecule has 1 heterocycles. The Morgan fingerprint density at radius 2 is 1.76 bits per heavy atom. The quantitative estimate of drug-likeness (QED) is 0.591. The van der Waals surface area contributed by atoms with Gasteiger partial charge in [0.05, 0.1) is 12.0 Å². The SMILES string of the molecule is COC(=O)c1cc2c(s1)C(=O)C1C(C2=O)[C@@H]2C=C[C@H]1CC2. The largest absolute Gasteiger partial charge is 0.465 e. The maximum absolute atomic E-state index is 12.8. The van der Waals surface area contributed by atoms with Crippen molar-refractivity contribution in [3.05, 3.63) is 33.5 Å². The second kappa shape index (κ2) is 4.37. The number of methoxy groups -OCH3 is 1. The van der Waals surface area contributed by atoms with Crippen molar-refractivity contribution < 1.29 is 19.1 Å². The average Bonchev–Trinajstić information content (AvgIpc) is 2.98. The molecule has 0 amide bonds. The third kappa shape index (κ3) is 1.64. The molecule has 0 spiro atoms. The van der Waals surface area contributed by atoms with Gasteiger partial charge in [0.25, 0.3) is 0 Å². The highest BCUT2D eigenvalue weighted by Gasteiger charge is 2.52. The lowest BCUT2D eigenvalue weighted by Gasteiger charge is -2.45. The monoisotopic (exact) mass is 302 g/mol. The smallest absolute Gasteiger partial charge is 0.348 e. The summed E-state index contributed by atoms with van der Waals surface area (Å²) in [6, 6.07) is 1.54. The average molecular weight is 302 g/mol. The normalized spacial score (nSPS) is 32.8. The van der Waals surface area contributed by atoms with Crippen LogP contribution in [0.15, 0.2) is 18.2 Å². The molecule has 0 N–H and O–H groups in total. The van der Waals surface area contributed by atoms with Crippen molar-refractivity contribution in [1.82, 2.24) is 0 Å². The number of hydrogen-bond donors (Lipinski definition) is 0. The van der Waals surface area contributed by atoms with Crippen LogP contribution in [0, 0.1) is 23.7 Å². The highest BCUT2D eigenvalue weighted by molar-refractivity contribution is 7.16. The van der Waals surface area contributed by atoms with E-state index in [1.54, 1.807) is 0 Å². The fraction of sp³-hybridized carbons (Fsp3) is 0.438. The standard InChI is InChI=1S/C16H14O4S/c1-20-16(19)10-6-9-13(17)11-7-2-4-8(5-3-7)12(11)14(18)15(9)21-10/h2,4,6-8,11-12H,3,5H2,1H3/t7-,8+,11?,12?/m1/s1. The van der Waals surface area contributed by atoms with E-state index >= 15 is 0 Å². The Morgan fingerprint density at radius 1 is 1.14 bits per heavy atom. The van der Waals surface area contributed by atoms with Crippen LogP contribution in [0.5, 0.6) is 0 Å². The Morgan fingerprint density at radius 3 is 2.33 bits per heavy atom. The summed E-state index contributed by atoms with van der Waals surface area (Å²) < 4.78 is 4.69. The Hall–Kier alpha value is -1.75. The lowest BCUT2D eigenvalue weighted by molar-refractivity contribution is 0.0524. The molecule has 4 aliphatic carbocycles. The minimum atomic E-state index is -0.487. The molecule has 1 aromatic heterocycles. The minimum Gasteiger partial charge on any atom is -0.465 e. The molecule has 1 saturated carbocycles. The second-order valence-electron chi connectivity index (χ2n) is 5.92. The molecule has 0 radical (unpaired) electrons. The zero-order valence-corrected chi connectivity index (χ0v) is 12.3. The molecule has 5 heteroatoms. The van der Waals surface area contributed by atoms with Crippen LogP contribution >= 0.6 is 11.3 Å². The van der Waals surface area contributed by atoms with Crippen molar-refractivity contribution in [3.8, 4) is 0 Å². The zero-order valence-electron chi connectivity index (χ0n) is 11.5. The van der Waals surface area contributed by atoms with Crippen LogP contribution < -0.4 is 0 Å². The van der Waals surface area contributed by atoms with E-state index in [9.17, 15) is 14.4 Å². The molecule has 5 rings (SSSR count). The summed E-state index contributed by atoms with van der Waals surface area (Å²) in [6.45, 7) is 0. The van der Waals surface area contributed by atoms with Crippen LogP contribution in [0.1, 0.15) is 42.5 Å². The molecule has 4 nitrogen and oxygen atoms in total.